The molecule has 1 N–H and O–H groups in total. The third-order valence-electron chi connectivity index (χ3n) is 3.71. The van der Waals surface area contributed by atoms with Crippen molar-refractivity contribution in [2.75, 3.05) is 13.7 Å². The number of nitrogens with one attached hydrogen (secondary N) is 1. The molecule has 3 atom stereocenters. The average molecular weight is 256 g/mol. The molecule has 1 amide bonds. The highest BCUT2D eigenvalue weighted by atomic mass is 16.5. The van der Waals surface area contributed by atoms with Crippen molar-refractivity contribution in [1.29, 1.82) is 0 Å². The first-order valence-electron chi connectivity index (χ1n) is 7.13. The highest BCUT2D eigenvalue weighted by molar-refractivity contribution is 5.84. The summed E-state index contributed by atoms with van der Waals surface area (Å²) in [5.74, 6) is 0.657. The van der Waals surface area contributed by atoms with Gasteiger partial charge in [-0.05, 0) is 18.8 Å². The summed E-state index contributed by atoms with van der Waals surface area (Å²) in [5.41, 5.74) is 0. The Morgan fingerprint density at radius 3 is 2.50 bits per heavy atom. The number of amides is 1. The number of carbonyl (C=O) groups is 1. The van der Waals surface area contributed by atoms with Crippen molar-refractivity contribution in [1.82, 2.24) is 10.2 Å². The van der Waals surface area contributed by atoms with Gasteiger partial charge in [-0.3, -0.25) is 10.1 Å². The van der Waals surface area contributed by atoms with Crippen molar-refractivity contribution in [2.45, 2.75) is 65.2 Å². The van der Waals surface area contributed by atoms with Crippen LogP contribution in [0.1, 0.15) is 47.0 Å². The van der Waals surface area contributed by atoms with Gasteiger partial charge in [-0.25, -0.2) is 0 Å². The van der Waals surface area contributed by atoms with Crippen molar-refractivity contribution < 1.29 is 9.53 Å². The van der Waals surface area contributed by atoms with Crippen LogP contribution in [0.2, 0.25) is 0 Å². The minimum absolute atomic E-state index is 0.00180. The van der Waals surface area contributed by atoms with E-state index in [4.69, 9.17) is 4.74 Å². The molecule has 4 nitrogen and oxygen atoms in total. The third-order valence-corrected chi connectivity index (χ3v) is 3.71. The van der Waals surface area contributed by atoms with Crippen LogP contribution in [-0.2, 0) is 9.53 Å². The Morgan fingerprint density at radius 1 is 1.39 bits per heavy atom. The van der Waals surface area contributed by atoms with E-state index in [-0.39, 0.29) is 24.2 Å². The van der Waals surface area contributed by atoms with Gasteiger partial charge in [-0.15, -0.1) is 0 Å². The van der Waals surface area contributed by atoms with E-state index >= 15 is 0 Å². The molecule has 1 rings (SSSR count). The number of carbonyl (C=O) groups excluding carboxylic acids is 1. The van der Waals surface area contributed by atoms with Crippen LogP contribution >= 0.6 is 0 Å². The maximum atomic E-state index is 12.5. The summed E-state index contributed by atoms with van der Waals surface area (Å²) in [5, 5.41) is 3.46. The largest absolute Gasteiger partial charge is 0.383 e. The van der Waals surface area contributed by atoms with Crippen LogP contribution in [0.15, 0.2) is 0 Å². The van der Waals surface area contributed by atoms with E-state index in [0.717, 1.165) is 19.3 Å². The zero-order valence-electron chi connectivity index (χ0n) is 12.4. The summed E-state index contributed by atoms with van der Waals surface area (Å²) in [4.78, 5) is 14.5. The molecule has 1 aliphatic rings. The van der Waals surface area contributed by atoms with Crippen LogP contribution in [0.25, 0.3) is 0 Å². The molecule has 0 aromatic carbocycles. The monoisotopic (exact) mass is 256 g/mol. The fourth-order valence-corrected chi connectivity index (χ4v) is 2.69. The lowest BCUT2D eigenvalue weighted by atomic mass is 10.0. The fraction of sp³-hybridized carbons (Fsp3) is 0.929. The van der Waals surface area contributed by atoms with Crippen LogP contribution in [0, 0.1) is 5.92 Å². The molecule has 0 aromatic rings. The number of rotatable bonds is 7. The molecule has 1 saturated heterocycles. The van der Waals surface area contributed by atoms with E-state index in [1.807, 2.05) is 4.90 Å². The van der Waals surface area contributed by atoms with Gasteiger partial charge in [-0.1, -0.05) is 34.1 Å². The van der Waals surface area contributed by atoms with E-state index in [0.29, 0.717) is 12.5 Å². The zero-order chi connectivity index (χ0) is 13.7. The SMILES string of the molecule is CCCC1NC(CC)N(C(COC)C(C)C)C1=O. The smallest absolute Gasteiger partial charge is 0.241 e. The van der Waals surface area contributed by atoms with Gasteiger partial charge in [0.1, 0.15) is 0 Å². The molecule has 0 aromatic heterocycles. The molecular formula is C14H28N2O2. The minimum Gasteiger partial charge on any atom is -0.383 e. The van der Waals surface area contributed by atoms with Gasteiger partial charge in [0, 0.05) is 7.11 Å². The van der Waals surface area contributed by atoms with Crippen molar-refractivity contribution in [3.8, 4) is 0 Å². The fourth-order valence-electron chi connectivity index (χ4n) is 2.69. The first-order chi connectivity index (χ1) is 8.56. The topological polar surface area (TPSA) is 41.6 Å². The predicted molar refractivity (Wildman–Crippen MR) is 73.3 cm³/mol. The van der Waals surface area contributed by atoms with Crippen LogP contribution < -0.4 is 5.32 Å². The molecule has 0 bridgehead atoms. The van der Waals surface area contributed by atoms with Gasteiger partial charge >= 0.3 is 0 Å². The van der Waals surface area contributed by atoms with Crippen molar-refractivity contribution in [3.05, 3.63) is 0 Å². The third kappa shape index (κ3) is 3.23. The summed E-state index contributed by atoms with van der Waals surface area (Å²) in [6.45, 7) is 9.15. The molecule has 1 fully saturated rings. The molecule has 1 aliphatic heterocycles. The van der Waals surface area contributed by atoms with Crippen LogP contribution in [0.5, 0.6) is 0 Å². The number of hydrogen-bond donors (Lipinski definition) is 1. The van der Waals surface area contributed by atoms with Gasteiger partial charge in [0.05, 0.1) is 24.9 Å². The summed E-state index contributed by atoms with van der Waals surface area (Å²) in [6.07, 6.45) is 3.06. The van der Waals surface area contributed by atoms with E-state index in [1.165, 1.54) is 0 Å². The maximum absolute atomic E-state index is 12.5. The van der Waals surface area contributed by atoms with E-state index in [2.05, 4.69) is 33.0 Å². The van der Waals surface area contributed by atoms with Crippen molar-refractivity contribution in [2.24, 2.45) is 5.92 Å². The number of methoxy groups -OCH3 is 1. The Labute approximate surface area is 111 Å². The second-order valence-electron chi connectivity index (χ2n) is 5.44. The molecule has 0 saturated carbocycles. The van der Waals surface area contributed by atoms with Gasteiger partial charge in [0.15, 0.2) is 0 Å². The minimum atomic E-state index is -0.00180. The Balaban J connectivity index is 2.85. The summed E-state index contributed by atoms with van der Waals surface area (Å²) in [6, 6.07) is 0.167. The van der Waals surface area contributed by atoms with E-state index < -0.39 is 0 Å². The normalized spacial score (nSPS) is 26.1. The summed E-state index contributed by atoms with van der Waals surface area (Å²) < 4.78 is 5.29. The lowest BCUT2D eigenvalue weighted by Gasteiger charge is -2.34. The van der Waals surface area contributed by atoms with Crippen LogP contribution in [0.4, 0.5) is 0 Å². The van der Waals surface area contributed by atoms with Crippen LogP contribution in [-0.4, -0.2) is 42.8 Å². The second-order valence-corrected chi connectivity index (χ2v) is 5.44. The second kappa shape index (κ2) is 7.10. The van der Waals surface area contributed by atoms with Crippen molar-refractivity contribution >= 4 is 5.91 Å². The summed E-state index contributed by atoms with van der Waals surface area (Å²) in [7, 11) is 1.70. The molecule has 0 aliphatic carbocycles. The van der Waals surface area contributed by atoms with E-state index in [9.17, 15) is 4.79 Å². The molecule has 0 radical (unpaired) electrons. The maximum Gasteiger partial charge on any atom is 0.241 e. The first kappa shape index (κ1) is 15.4. The summed E-state index contributed by atoms with van der Waals surface area (Å²) >= 11 is 0. The zero-order valence-corrected chi connectivity index (χ0v) is 12.4. The number of ether oxygens (including phenoxy) is 1. The van der Waals surface area contributed by atoms with Crippen molar-refractivity contribution in [3.63, 3.8) is 0 Å². The Morgan fingerprint density at radius 2 is 2.06 bits per heavy atom. The molecular weight excluding hydrogens is 228 g/mol. The quantitative estimate of drug-likeness (QED) is 0.757. The van der Waals surface area contributed by atoms with Gasteiger partial charge in [0.2, 0.25) is 5.91 Å². The van der Waals surface area contributed by atoms with Gasteiger partial charge < -0.3 is 9.64 Å². The highest BCUT2D eigenvalue weighted by Gasteiger charge is 2.41. The molecule has 3 unspecified atom stereocenters. The average Bonchev–Trinajstić information content (AvgIpc) is 2.64. The number of hydrogen-bond acceptors (Lipinski definition) is 3. The van der Waals surface area contributed by atoms with Gasteiger partial charge in [0.25, 0.3) is 0 Å². The lowest BCUT2D eigenvalue weighted by Crippen LogP contribution is -2.49. The Kier molecular flexibility index (Phi) is 6.09. The van der Waals surface area contributed by atoms with Crippen LogP contribution in [0.3, 0.4) is 0 Å². The molecule has 106 valence electrons. The highest BCUT2D eigenvalue weighted by Crippen LogP contribution is 2.23. The molecule has 18 heavy (non-hydrogen) atoms. The molecule has 1 heterocycles. The van der Waals surface area contributed by atoms with E-state index in [1.54, 1.807) is 7.11 Å². The standard InChI is InChI=1S/C14H28N2O2/c1-6-8-11-14(17)16(13(7-2)15-11)12(9-18-5)10(3)4/h10-13,15H,6-9H2,1-5H3. The Hall–Kier alpha value is -0.610. The molecule has 4 heteroatoms. The first-order valence-corrected chi connectivity index (χ1v) is 7.13. The van der Waals surface area contributed by atoms with Gasteiger partial charge in [-0.2, -0.15) is 0 Å². The lowest BCUT2D eigenvalue weighted by molar-refractivity contribution is -0.134. The Bertz CT molecular complexity index is 269. The number of nitrogens with zero attached hydrogens (tertiary/aromatic N) is 1. The molecule has 0 spiro atoms. The predicted octanol–water partition coefficient (Wildman–Crippen LogP) is 1.99.